The standard InChI is InChI=1S/C30H40N2/c1-5-8-11-14-26-15-12-16-28(22-26)30(29(17-10-7-3)24(4)23-32-31)27-20-18-25(19-21-27)13-9-6-2/h12,15-16,18-22H,5-11,13-14,17H2,1-4H3. The first-order chi connectivity index (χ1) is 15.6. The molecule has 170 valence electrons. The smallest absolute Gasteiger partial charge is 0.303 e. The van der Waals surface area contributed by atoms with Crippen molar-refractivity contribution >= 4 is 11.4 Å². The summed E-state index contributed by atoms with van der Waals surface area (Å²) >= 11 is 0. The van der Waals surface area contributed by atoms with Gasteiger partial charge in [0.2, 0.25) is 0 Å². The van der Waals surface area contributed by atoms with Gasteiger partial charge in [0.25, 0.3) is 0 Å². The number of rotatable bonds is 13. The third-order valence-electron chi connectivity index (χ3n) is 6.10. The molecule has 0 radical (unpaired) electrons. The Morgan fingerprint density at radius 1 is 0.781 bits per heavy atom. The first-order valence-corrected chi connectivity index (χ1v) is 12.5. The van der Waals surface area contributed by atoms with Gasteiger partial charge < -0.3 is 5.53 Å². The molecule has 0 saturated carbocycles. The van der Waals surface area contributed by atoms with Gasteiger partial charge in [-0.1, -0.05) is 95.0 Å². The van der Waals surface area contributed by atoms with E-state index in [0.29, 0.717) is 0 Å². The summed E-state index contributed by atoms with van der Waals surface area (Å²) in [5.74, 6) is 2.81. The molecule has 0 amide bonds. The van der Waals surface area contributed by atoms with Gasteiger partial charge in [0.05, 0.1) is 5.57 Å². The highest BCUT2D eigenvalue weighted by molar-refractivity contribution is 5.86. The van der Waals surface area contributed by atoms with Crippen LogP contribution in [0.3, 0.4) is 0 Å². The van der Waals surface area contributed by atoms with Crippen molar-refractivity contribution in [3.05, 3.63) is 87.5 Å². The van der Waals surface area contributed by atoms with E-state index in [-0.39, 0.29) is 0 Å². The minimum atomic E-state index is 0.905. The molecule has 0 atom stereocenters. The van der Waals surface area contributed by atoms with Gasteiger partial charge in [-0.05, 0) is 78.8 Å². The van der Waals surface area contributed by atoms with Gasteiger partial charge in [-0.25, -0.2) is 0 Å². The lowest BCUT2D eigenvalue weighted by molar-refractivity contribution is 0.00753. The Morgan fingerprint density at radius 2 is 1.47 bits per heavy atom. The van der Waals surface area contributed by atoms with E-state index >= 15 is 0 Å². The van der Waals surface area contributed by atoms with E-state index in [4.69, 9.17) is 0 Å². The Kier molecular flexibility index (Phi) is 11.5. The summed E-state index contributed by atoms with van der Waals surface area (Å²) in [5, 5.41) is 0. The van der Waals surface area contributed by atoms with E-state index in [0.717, 1.165) is 37.7 Å². The number of benzene rings is 2. The summed E-state index contributed by atoms with van der Waals surface area (Å²) in [7, 11) is 0. The second-order valence-corrected chi connectivity index (χ2v) is 8.75. The molecule has 2 aromatic carbocycles. The van der Waals surface area contributed by atoms with E-state index in [2.05, 4.69) is 80.0 Å². The summed E-state index contributed by atoms with van der Waals surface area (Å²) in [5.41, 5.74) is 17.8. The maximum Gasteiger partial charge on any atom is 0.303 e. The van der Waals surface area contributed by atoms with Crippen molar-refractivity contribution < 1.29 is 4.79 Å². The van der Waals surface area contributed by atoms with Crippen LogP contribution in [0.2, 0.25) is 0 Å². The number of allylic oxidation sites excluding steroid dienone is 2. The lowest BCUT2D eigenvalue weighted by atomic mass is 9.86. The second kappa shape index (κ2) is 14.4. The van der Waals surface area contributed by atoms with E-state index in [1.807, 2.05) is 6.92 Å². The van der Waals surface area contributed by atoms with Crippen molar-refractivity contribution in [1.82, 2.24) is 0 Å². The van der Waals surface area contributed by atoms with Crippen molar-refractivity contribution in [2.75, 3.05) is 0 Å². The second-order valence-electron chi connectivity index (χ2n) is 8.75. The van der Waals surface area contributed by atoms with Gasteiger partial charge in [-0.2, -0.15) is 0 Å². The minimum Gasteiger partial charge on any atom is -0.348 e. The molecule has 0 aromatic heterocycles. The predicted molar refractivity (Wildman–Crippen MR) is 138 cm³/mol. The number of aryl methyl sites for hydroxylation is 2. The van der Waals surface area contributed by atoms with E-state index in [9.17, 15) is 5.53 Å². The Bertz CT molecular complexity index is 953. The van der Waals surface area contributed by atoms with Gasteiger partial charge in [0.15, 0.2) is 0 Å². The van der Waals surface area contributed by atoms with E-state index in [1.165, 1.54) is 65.5 Å². The van der Waals surface area contributed by atoms with Gasteiger partial charge in [-0.15, -0.1) is 4.79 Å². The zero-order valence-corrected chi connectivity index (χ0v) is 20.6. The molecule has 2 heteroatoms. The van der Waals surface area contributed by atoms with E-state index in [1.54, 1.807) is 0 Å². The molecule has 0 heterocycles. The summed E-state index contributed by atoms with van der Waals surface area (Å²) in [6.45, 7) is 8.71. The summed E-state index contributed by atoms with van der Waals surface area (Å²) in [4.78, 5) is 3.23. The normalized spacial score (nSPS) is 11.5. The van der Waals surface area contributed by atoms with Crippen LogP contribution in [0.1, 0.15) is 101 Å². The topological polar surface area (TPSA) is 36.4 Å². The van der Waals surface area contributed by atoms with E-state index < -0.39 is 0 Å². The zero-order valence-electron chi connectivity index (χ0n) is 20.6. The fourth-order valence-corrected chi connectivity index (χ4v) is 4.19. The largest absolute Gasteiger partial charge is 0.348 e. The van der Waals surface area contributed by atoms with Crippen molar-refractivity contribution in [1.29, 1.82) is 0 Å². The molecule has 0 bridgehead atoms. The highest BCUT2D eigenvalue weighted by Crippen LogP contribution is 2.33. The van der Waals surface area contributed by atoms with Crippen LogP contribution in [0, 0.1) is 0 Å². The number of hydrogen-bond acceptors (Lipinski definition) is 0. The molecular formula is C30H40N2. The van der Waals surface area contributed by atoms with Gasteiger partial charge in [0, 0.05) is 0 Å². The Labute approximate surface area is 195 Å². The average molecular weight is 429 g/mol. The van der Waals surface area contributed by atoms with Crippen LogP contribution in [0.4, 0.5) is 0 Å². The molecule has 0 spiro atoms. The molecule has 2 nitrogen and oxygen atoms in total. The molecule has 32 heavy (non-hydrogen) atoms. The van der Waals surface area contributed by atoms with Crippen LogP contribution in [0.15, 0.2) is 59.7 Å². The van der Waals surface area contributed by atoms with Crippen LogP contribution in [0.5, 0.6) is 0 Å². The van der Waals surface area contributed by atoms with Crippen LogP contribution >= 0.6 is 0 Å². The average Bonchev–Trinajstić information content (AvgIpc) is 2.81. The van der Waals surface area contributed by atoms with Gasteiger partial charge >= 0.3 is 5.87 Å². The number of nitrogens with zero attached hydrogens (tertiary/aromatic N) is 2. The molecule has 0 fully saturated rings. The third kappa shape index (κ3) is 7.79. The molecule has 0 aliphatic heterocycles. The van der Waals surface area contributed by atoms with Gasteiger partial charge in [-0.3, -0.25) is 0 Å². The molecule has 0 saturated heterocycles. The predicted octanol–water partition coefficient (Wildman–Crippen LogP) is 8.60. The Morgan fingerprint density at radius 3 is 2.12 bits per heavy atom. The molecule has 0 aliphatic rings. The summed E-state index contributed by atoms with van der Waals surface area (Å²) in [6.07, 6.45) is 11.6. The molecule has 0 unspecified atom stereocenters. The highest BCUT2D eigenvalue weighted by Gasteiger charge is 2.16. The van der Waals surface area contributed by atoms with Crippen molar-refractivity contribution in [2.45, 2.75) is 91.9 Å². The van der Waals surface area contributed by atoms with Crippen LogP contribution in [0.25, 0.3) is 11.1 Å². The maximum absolute atomic E-state index is 9.19. The van der Waals surface area contributed by atoms with Crippen molar-refractivity contribution in [2.24, 2.45) is 0 Å². The summed E-state index contributed by atoms with van der Waals surface area (Å²) in [6, 6.07) is 18.1. The first-order valence-electron chi connectivity index (χ1n) is 12.5. The summed E-state index contributed by atoms with van der Waals surface area (Å²) < 4.78 is 0. The van der Waals surface area contributed by atoms with Gasteiger partial charge in [0.1, 0.15) is 0 Å². The lowest BCUT2D eigenvalue weighted by Gasteiger charge is -2.17. The Hall–Kier alpha value is -2.66. The van der Waals surface area contributed by atoms with Crippen LogP contribution < -0.4 is 0 Å². The fourth-order valence-electron chi connectivity index (χ4n) is 4.19. The molecule has 2 aromatic rings. The minimum absolute atomic E-state index is 0.905. The molecular weight excluding hydrogens is 388 g/mol. The quantitative estimate of drug-likeness (QED) is 0.101. The molecule has 0 N–H and O–H groups in total. The first kappa shape index (κ1) is 25.6. The van der Waals surface area contributed by atoms with Crippen molar-refractivity contribution in [3.63, 3.8) is 0 Å². The Balaban J connectivity index is 2.62. The monoisotopic (exact) mass is 428 g/mol. The zero-order chi connectivity index (χ0) is 23.2. The maximum atomic E-state index is 9.19. The van der Waals surface area contributed by atoms with Crippen LogP contribution in [-0.4, -0.2) is 10.7 Å². The number of unbranched alkanes of at least 4 members (excludes halogenated alkanes) is 4. The SMILES string of the molecule is CCCCCc1cccc(C(=C(CCCC)C(C)=C=[N+]=[N-])c2ccc(CCCC)cc2)c1. The highest BCUT2D eigenvalue weighted by atomic mass is 14.8. The molecule has 2 rings (SSSR count). The molecule has 0 aliphatic carbocycles. The number of hydrogen-bond donors (Lipinski definition) is 0. The van der Waals surface area contributed by atoms with Crippen molar-refractivity contribution in [3.8, 4) is 0 Å². The third-order valence-corrected chi connectivity index (χ3v) is 6.10. The lowest BCUT2D eigenvalue weighted by Crippen LogP contribution is -2.00. The fraction of sp³-hybridized carbons (Fsp3) is 0.467. The van der Waals surface area contributed by atoms with Crippen LogP contribution in [-0.2, 0) is 12.8 Å².